The Bertz CT molecular complexity index is 363. The molecule has 1 saturated heterocycles. The van der Waals surface area contributed by atoms with Gasteiger partial charge in [-0.1, -0.05) is 20.3 Å². The molecular weight excluding hydrogens is 226 g/mol. The van der Waals surface area contributed by atoms with Crippen molar-refractivity contribution >= 4 is 9.84 Å². The third kappa shape index (κ3) is 2.41. The van der Waals surface area contributed by atoms with E-state index in [1.807, 2.05) is 0 Å². The lowest BCUT2D eigenvalue weighted by molar-refractivity contribution is 0.144. The molecule has 0 aromatic heterocycles. The lowest BCUT2D eigenvalue weighted by Gasteiger charge is -2.31. The lowest BCUT2D eigenvalue weighted by Crippen LogP contribution is -2.48. The van der Waals surface area contributed by atoms with Crippen LogP contribution in [0.5, 0.6) is 0 Å². The van der Waals surface area contributed by atoms with Crippen molar-refractivity contribution in [3.63, 3.8) is 0 Å². The number of sulfone groups is 1. The van der Waals surface area contributed by atoms with Gasteiger partial charge in [0, 0.05) is 12.1 Å². The van der Waals surface area contributed by atoms with Crippen molar-refractivity contribution in [1.29, 1.82) is 0 Å². The molecular formula is C11H21NO3S. The maximum Gasteiger partial charge on any atom is 0.154 e. The third-order valence-electron chi connectivity index (χ3n) is 4.00. The molecule has 3 atom stereocenters. The van der Waals surface area contributed by atoms with Gasteiger partial charge in [0.1, 0.15) is 0 Å². The second-order valence-corrected chi connectivity index (χ2v) is 8.00. The van der Waals surface area contributed by atoms with E-state index in [-0.39, 0.29) is 23.0 Å². The van der Waals surface area contributed by atoms with E-state index >= 15 is 0 Å². The zero-order valence-corrected chi connectivity index (χ0v) is 10.8. The smallest absolute Gasteiger partial charge is 0.154 e. The van der Waals surface area contributed by atoms with E-state index in [0.29, 0.717) is 6.04 Å². The Balaban J connectivity index is 2.01. The van der Waals surface area contributed by atoms with Crippen LogP contribution in [0.4, 0.5) is 0 Å². The quantitative estimate of drug-likeness (QED) is 0.737. The molecule has 0 aromatic carbocycles. The van der Waals surface area contributed by atoms with Crippen LogP contribution in [0.15, 0.2) is 0 Å². The molecule has 2 fully saturated rings. The average molecular weight is 247 g/mol. The van der Waals surface area contributed by atoms with Gasteiger partial charge in [0.15, 0.2) is 9.84 Å². The van der Waals surface area contributed by atoms with Gasteiger partial charge >= 0.3 is 0 Å². The number of aliphatic hydroxyl groups excluding tert-OH is 1. The fraction of sp³-hybridized carbons (Fsp3) is 1.00. The van der Waals surface area contributed by atoms with Gasteiger partial charge in [-0.3, -0.25) is 0 Å². The molecule has 0 spiro atoms. The molecule has 0 bridgehead atoms. The minimum Gasteiger partial charge on any atom is -0.390 e. The van der Waals surface area contributed by atoms with Crippen molar-refractivity contribution < 1.29 is 13.5 Å². The standard InChI is InChI=1S/C11H21NO3S/c1-11(2)5-3-4-10(11)12-8-6-16(14,15)7-9(8)13/h8-10,12-13H,3-7H2,1-2H3. The Hall–Kier alpha value is -0.130. The van der Waals surface area contributed by atoms with Crippen LogP contribution in [0.25, 0.3) is 0 Å². The number of rotatable bonds is 2. The highest BCUT2D eigenvalue weighted by molar-refractivity contribution is 7.91. The minimum atomic E-state index is -3.04. The Morgan fingerprint density at radius 1 is 1.31 bits per heavy atom. The van der Waals surface area contributed by atoms with E-state index in [2.05, 4.69) is 19.2 Å². The number of hydrogen-bond acceptors (Lipinski definition) is 4. The van der Waals surface area contributed by atoms with Crippen molar-refractivity contribution in [3.8, 4) is 0 Å². The second-order valence-electron chi connectivity index (χ2n) is 5.85. The summed E-state index contributed by atoms with van der Waals surface area (Å²) in [6, 6.07) is 0.0628. The molecule has 16 heavy (non-hydrogen) atoms. The van der Waals surface area contributed by atoms with Crippen LogP contribution in [0.1, 0.15) is 33.1 Å². The molecule has 1 saturated carbocycles. The third-order valence-corrected chi connectivity index (χ3v) is 5.71. The summed E-state index contributed by atoms with van der Waals surface area (Å²) in [6.07, 6.45) is 2.69. The fourth-order valence-electron chi connectivity index (χ4n) is 2.88. The number of nitrogens with one attached hydrogen (secondary N) is 1. The Morgan fingerprint density at radius 3 is 2.44 bits per heavy atom. The van der Waals surface area contributed by atoms with Crippen LogP contribution in [-0.4, -0.2) is 43.2 Å². The van der Waals surface area contributed by atoms with Gasteiger partial charge in [-0.15, -0.1) is 0 Å². The van der Waals surface area contributed by atoms with E-state index in [9.17, 15) is 13.5 Å². The van der Waals surface area contributed by atoms with Crippen LogP contribution in [0.2, 0.25) is 0 Å². The van der Waals surface area contributed by atoms with Crippen LogP contribution in [0.3, 0.4) is 0 Å². The highest BCUT2D eigenvalue weighted by Gasteiger charge is 2.41. The summed E-state index contributed by atoms with van der Waals surface area (Å²) in [7, 11) is -3.04. The Kier molecular flexibility index (Phi) is 3.05. The first-order chi connectivity index (χ1) is 7.30. The van der Waals surface area contributed by atoms with Crippen molar-refractivity contribution in [3.05, 3.63) is 0 Å². The van der Waals surface area contributed by atoms with Gasteiger partial charge in [0.05, 0.1) is 17.6 Å². The van der Waals surface area contributed by atoms with E-state index < -0.39 is 15.9 Å². The molecule has 3 unspecified atom stereocenters. The molecule has 2 aliphatic rings. The van der Waals surface area contributed by atoms with E-state index in [0.717, 1.165) is 6.42 Å². The molecule has 5 heteroatoms. The van der Waals surface area contributed by atoms with Crippen molar-refractivity contribution in [2.45, 2.75) is 51.3 Å². The van der Waals surface area contributed by atoms with E-state index in [1.54, 1.807) is 0 Å². The van der Waals surface area contributed by atoms with Gasteiger partial charge in [0.2, 0.25) is 0 Å². The molecule has 4 nitrogen and oxygen atoms in total. The van der Waals surface area contributed by atoms with Crippen molar-refractivity contribution in [2.24, 2.45) is 5.41 Å². The normalized spacial score (nSPS) is 41.3. The van der Waals surface area contributed by atoms with Crippen LogP contribution < -0.4 is 5.32 Å². The van der Waals surface area contributed by atoms with E-state index in [1.165, 1.54) is 12.8 Å². The highest BCUT2D eigenvalue weighted by atomic mass is 32.2. The monoisotopic (exact) mass is 247 g/mol. The number of aliphatic hydroxyl groups is 1. The summed E-state index contributed by atoms with van der Waals surface area (Å²) >= 11 is 0. The first-order valence-electron chi connectivity index (χ1n) is 5.95. The van der Waals surface area contributed by atoms with Gasteiger partial charge in [0.25, 0.3) is 0 Å². The lowest BCUT2D eigenvalue weighted by atomic mass is 9.87. The van der Waals surface area contributed by atoms with Crippen LogP contribution in [0, 0.1) is 5.41 Å². The van der Waals surface area contributed by atoms with Gasteiger partial charge < -0.3 is 10.4 Å². The summed E-state index contributed by atoms with van der Waals surface area (Å²) in [4.78, 5) is 0. The molecule has 1 aliphatic heterocycles. The molecule has 0 aromatic rings. The Labute approximate surface area is 97.3 Å². The summed E-state index contributed by atoms with van der Waals surface area (Å²) in [6.45, 7) is 4.40. The maximum absolute atomic E-state index is 11.4. The highest BCUT2D eigenvalue weighted by Crippen LogP contribution is 2.37. The van der Waals surface area contributed by atoms with Gasteiger partial charge in [-0.05, 0) is 18.3 Å². The summed E-state index contributed by atoms with van der Waals surface area (Å²) in [5, 5.41) is 13.1. The fourth-order valence-corrected chi connectivity index (χ4v) is 4.64. The second kappa shape index (κ2) is 3.96. The molecule has 94 valence electrons. The Morgan fingerprint density at radius 2 is 2.00 bits per heavy atom. The molecule has 0 amide bonds. The molecule has 1 aliphatic carbocycles. The molecule has 0 radical (unpaired) electrons. The zero-order chi connectivity index (χ0) is 12.0. The van der Waals surface area contributed by atoms with Crippen molar-refractivity contribution in [1.82, 2.24) is 5.32 Å². The van der Waals surface area contributed by atoms with Crippen LogP contribution >= 0.6 is 0 Å². The minimum absolute atomic E-state index is 0.0841. The van der Waals surface area contributed by atoms with Gasteiger partial charge in [-0.2, -0.15) is 0 Å². The summed E-state index contributed by atoms with van der Waals surface area (Å²) < 4.78 is 22.8. The molecule has 1 heterocycles. The SMILES string of the molecule is CC1(C)CCCC1NC1CS(=O)(=O)CC1O. The predicted molar refractivity (Wildman–Crippen MR) is 63.0 cm³/mol. The molecule has 2 rings (SSSR count). The predicted octanol–water partition coefficient (Wildman–Crippen LogP) is 0.313. The maximum atomic E-state index is 11.4. The summed E-state index contributed by atoms with van der Waals surface area (Å²) in [5.41, 5.74) is 0.214. The molecule has 2 N–H and O–H groups in total. The van der Waals surface area contributed by atoms with Crippen molar-refractivity contribution in [2.75, 3.05) is 11.5 Å². The number of hydrogen-bond donors (Lipinski definition) is 2. The van der Waals surface area contributed by atoms with E-state index in [4.69, 9.17) is 0 Å². The first kappa shape index (κ1) is 12.3. The zero-order valence-electron chi connectivity index (χ0n) is 9.94. The summed E-state index contributed by atoms with van der Waals surface area (Å²) in [5.74, 6) is -0.00143. The van der Waals surface area contributed by atoms with Gasteiger partial charge in [-0.25, -0.2) is 8.42 Å². The average Bonchev–Trinajstić information content (AvgIpc) is 2.54. The van der Waals surface area contributed by atoms with Crippen LogP contribution in [-0.2, 0) is 9.84 Å². The topological polar surface area (TPSA) is 66.4 Å². The largest absolute Gasteiger partial charge is 0.390 e. The first-order valence-corrected chi connectivity index (χ1v) is 7.77.